The number of hydrogen-bond acceptors (Lipinski definition) is 3. The lowest BCUT2D eigenvalue weighted by atomic mass is 9.95. The summed E-state index contributed by atoms with van der Waals surface area (Å²) in [7, 11) is 0. The van der Waals surface area contributed by atoms with Crippen molar-refractivity contribution in [2.45, 2.75) is 38.5 Å². The Morgan fingerprint density at radius 2 is 1.50 bits per heavy atom. The molecule has 1 saturated heterocycles. The van der Waals surface area contributed by atoms with Crippen molar-refractivity contribution in [2.75, 3.05) is 18.0 Å². The summed E-state index contributed by atoms with van der Waals surface area (Å²) < 4.78 is 0. The number of fused-ring (bicyclic) bond motifs is 3. The van der Waals surface area contributed by atoms with Gasteiger partial charge in [0.2, 0.25) is 0 Å². The zero-order valence-electron chi connectivity index (χ0n) is 13.8. The third kappa shape index (κ3) is 2.77. The Labute approximate surface area is 142 Å². The zero-order chi connectivity index (χ0) is 16.5. The summed E-state index contributed by atoms with van der Waals surface area (Å²) in [4.78, 5) is 13.2. The standard InChI is InChI=1S/C20H22N2O2/c23-22(24)18-8-10-20-16(14-18)6-4-5-15-13-17(7-9-19(15)20)21-11-2-1-3-12-21/h7-10,13-14H,1-6,11-12H2. The number of nitro groups is 1. The molecule has 0 atom stereocenters. The molecule has 2 aliphatic rings. The number of piperidine rings is 1. The van der Waals surface area contributed by atoms with Crippen LogP contribution in [-0.4, -0.2) is 18.0 Å². The molecule has 4 heteroatoms. The van der Waals surface area contributed by atoms with Gasteiger partial charge in [-0.2, -0.15) is 0 Å². The van der Waals surface area contributed by atoms with Gasteiger partial charge in [0.15, 0.2) is 0 Å². The van der Waals surface area contributed by atoms with E-state index in [2.05, 4.69) is 23.1 Å². The van der Waals surface area contributed by atoms with Gasteiger partial charge in [-0.15, -0.1) is 0 Å². The van der Waals surface area contributed by atoms with Crippen LogP contribution in [0, 0.1) is 10.1 Å². The van der Waals surface area contributed by atoms with E-state index in [9.17, 15) is 10.1 Å². The predicted molar refractivity (Wildman–Crippen MR) is 96.6 cm³/mol. The van der Waals surface area contributed by atoms with Gasteiger partial charge in [0.05, 0.1) is 4.92 Å². The van der Waals surface area contributed by atoms with Crippen LogP contribution in [0.25, 0.3) is 11.1 Å². The Hall–Kier alpha value is -2.36. The van der Waals surface area contributed by atoms with Crippen molar-refractivity contribution in [3.05, 3.63) is 57.6 Å². The summed E-state index contributed by atoms with van der Waals surface area (Å²) in [5.41, 5.74) is 6.43. The SMILES string of the molecule is O=[N+]([O-])c1ccc2c(c1)CCCc1cc(N3CCCCC3)ccc1-2. The minimum Gasteiger partial charge on any atom is -0.372 e. The molecule has 4 nitrogen and oxygen atoms in total. The summed E-state index contributed by atoms with van der Waals surface area (Å²) in [6.07, 6.45) is 6.90. The minimum atomic E-state index is -0.300. The molecule has 0 radical (unpaired) electrons. The summed E-state index contributed by atoms with van der Waals surface area (Å²) in [6, 6.07) is 12.1. The highest BCUT2D eigenvalue weighted by Gasteiger charge is 2.19. The molecule has 0 bridgehead atoms. The Morgan fingerprint density at radius 1 is 0.833 bits per heavy atom. The van der Waals surface area contributed by atoms with E-state index < -0.39 is 0 Å². The highest BCUT2D eigenvalue weighted by atomic mass is 16.6. The molecule has 0 N–H and O–H groups in total. The van der Waals surface area contributed by atoms with Crippen molar-refractivity contribution in [3.8, 4) is 11.1 Å². The van der Waals surface area contributed by atoms with E-state index in [1.807, 2.05) is 6.07 Å². The lowest BCUT2D eigenvalue weighted by Crippen LogP contribution is -2.29. The number of nitro benzene ring substituents is 1. The van der Waals surface area contributed by atoms with E-state index in [0.717, 1.165) is 37.9 Å². The van der Waals surface area contributed by atoms with Gasteiger partial charge in [-0.05, 0) is 79.0 Å². The van der Waals surface area contributed by atoms with Crippen LogP contribution in [0.5, 0.6) is 0 Å². The number of aryl methyl sites for hydroxylation is 2. The first-order chi connectivity index (χ1) is 11.7. The van der Waals surface area contributed by atoms with Crippen molar-refractivity contribution in [3.63, 3.8) is 0 Å². The summed E-state index contributed by atoms with van der Waals surface area (Å²) in [5, 5.41) is 11.0. The van der Waals surface area contributed by atoms with Gasteiger partial charge in [-0.25, -0.2) is 0 Å². The number of nitrogens with zero attached hydrogens (tertiary/aromatic N) is 2. The lowest BCUT2D eigenvalue weighted by molar-refractivity contribution is -0.384. The Morgan fingerprint density at radius 3 is 2.21 bits per heavy atom. The molecule has 0 saturated carbocycles. The van der Waals surface area contributed by atoms with Crippen LogP contribution in [0.1, 0.15) is 36.8 Å². The Balaban J connectivity index is 1.73. The van der Waals surface area contributed by atoms with Crippen LogP contribution >= 0.6 is 0 Å². The second-order valence-corrected chi connectivity index (χ2v) is 6.84. The van der Waals surface area contributed by atoms with Gasteiger partial charge < -0.3 is 4.90 Å². The molecule has 2 aromatic carbocycles. The molecular formula is C20H22N2O2. The Bertz CT molecular complexity index is 779. The predicted octanol–water partition coefficient (Wildman–Crippen LogP) is 4.74. The van der Waals surface area contributed by atoms with Crippen LogP contribution in [0.2, 0.25) is 0 Å². The lowest BCUT2D eigenvalue weighted by Gasteiger charge is -2.29. The van der Waals surface area contributed by atoms with E-state index in [0.29, 0.717) is 0 Å². The van der Waals surface area contributed by atoms with E-state index in [-0.39, 0.29) is 10.6 Å². The van der Waals surface area contributed by atoms with Crippen LogP contribution < -0.4 is 4.90 Å². The molecule has 1 aliphatic heterocycles. The number of benzene rings is 2. The summed E-state index contributed by atoms with van der Waals surface area (Å²) >= 11 is 0. The molecule has 0 spiro atoms. The second kappa shape index (κ2) is 6.27. The largest absolute Gasteiger partial charge is 0.372 e. The minimum absolute atomic E-state index is 0.196. The van der Waals surface area contributed by atoms with Crippen molar-refractivity contribution < 1.29 is 4.92 Å². The fourth-order valence-electron chi connectivity index (χ4n) is 4.03. The first-order valence-electron chi connectivity index (χ1n) is 8.88. The van der Waals surface area contributed by atoms with E-state index >= 15 is 0 Å². The molecule has 1 heterocycles. The maximum Gasteiger partial charge on any atom is 0.269 e. The Kier molecular flexibility index (Phi) is 3.97. The van der Waals surface area contributed by atoms with E-state index in [1.54, 1.807) is 12.1 Å². The monoisotopic (exact) mass is 322 g/mol. The normalized spacial score (nSPS) is 16.9. The molecule has 0 unspecified atom stereocenters. The highest BCUT2D eigenvalue weighted by Crippen LogP contribution is 2.36. The molecule has 0 aromatic heterocycles. The van der Waals surface area contributed by atoms with Crippen molar-refractivity contribution in [2.24, 2.45) is 0 Å². The van der Waals surface area contributed by atoms with Gasteiger partial charge in [-0.1, -0.05) is 6.07 Å². The molecule has 124 valence electrons. The summed E-state index contributed by atoms with van der Waals surface area (Å²) in [5.74, 6) is 0. The van der Waals surface area contributed by atoms with Crippen molar-refractivity contribution >= 4 is 11.4 Å². The average Bonchev–Trinajstić information content (AvgIpc) is 2.80. The van der Waals surface area contributed by atoms with Gasteiger partial charge in [0.1, 0.15) is 0 Å². The topological polar surface area (TPSA) is 46.4 Å². The highest BCUT2D eigenvalue weighted by molar-refractivity contribution is 5.75. The maximum atomic E-state index is 11.0. The zero-order valence-corrected chi connectivity index (χ0v) is 13.8. The molecule has 1 aliphatic carbocycles. The number of non-ortho nitro benzene ring substituents is 1. The first-order valence-corrected chi connectivity index (χ1v) is 8.88. The third-order valence-electron chi connectivity index (χ3n) is 5.29. The number of rotatable bonds is 2. The molecule has 2 aromatic rings. The third-order valence-corrected chi connectivity index (χ3v) is 5.29. The van der Waals surface area contributed by atoms with Crippen LogP contribution in [-0.2, 0) is 12.8 Å². The molecule has 1 fully saturated rings. The summed E-state index contributed by atoms with van der Waals surface area (Å²) in [6.45, 7) is 2.31. The molecule has 24 heavy (non-hydrogen) atoms. The van der Waals surface area contributed by atoms with Gasteiger partial charge >= 0.3 is 0 Å². The van der Waals surface area contributed by atoms with Crippen molar-refractivity contribution in [1.82, 2.24) is 0 Å². The maximum absolute atomic E-state index is 11.0. The number of anilines is 1. The smallest absolute Gasteiger partial charge is 0.269 e. The van der Waals surface area contributed by atoms with E-state index in [1.165, 1.54) is 41.6 Å². The molecule has 4 rings (SSSR count). The average molecular weight is 322 g/mol. The fraction of sp³-hybridized carbons (Fsp3) is 0.400. The number of hydrogen-bond donors (Lipinski definition) is 0. The van der Waals surface area contributed by atoms with Crippen LogP contribution in [0.15, 0.2) is 36.4 Å². The van der Waals surface area contributed by atoms with Gasteiger partial charge in [-0.3, -0.25) is 10.1 Å². The molecule has 0 amide bonds. The second-order valence-electron chi connectivity index (χ2n) is 6.84. The van der Waals surface area contributed by atoms with Gasteiger partial charge in [0, 0.05) is 30.9 Å². The van der Waals surface area contributed by atoms with E-state index in [4.69, 9.17) is 0 Å². The van der Waals surface area contributed by atoms with Crippen LogP contribution in [0.4, 0.5) is 11.4 Å². The first kappa shape index (κ1) is 15.2. The van der Waals surface area contributed by atoms with Gasteiger partial charge in [0.25, 0.3) is 5.69 Å². The fourth-order valence-corrected chi connectivity index (χ4v) is 4.03. The molecular weight excluding hydrogens is 300 g/mol. The quantitative estimate of drug-likeness (QED) is 0.592. The van der Waals surface area contributed by atoms with Crippen LogP contribution in [0.3, 0.4) is 0 Å². The van der Waals surface area contributed by atoms with Crippen molar-refractivity contribution in [1.29, 1.82) is 0 Å².